The standard InChI is InChI=1S/C21H21NO2S2/c1-16-8-10-17(11-9-16)24-13-12-22-21(23)19-6-2-3-7-20(19)26-15-18-5-4-14-25-18/h2-11,14H,12-13,15H2,1H3,(H,22,23). The molecule has 0 spiro atoms. The minimum Gasteiger partial charge on any atom is -0.492 e. The van der Waals surface area contributed by atoms with Crippen LogP contribution in [0.15, 0.2) is 70.9 Å². The van der Waals surface area contributed by atoms with Gasteiger partial charge in [-0.15, -0.1) is 23.1 Å². The van der Waals surface area contributed by atoms with E-state index in [0.717, 1.165) is 16.4 Å². The molecule has 1 heterocycles. The Morgan fingerprint density at radius 3 is 2.65 bits per heavy atom. The van der Waals surface area contributed by atoms with Gasteiger partial charge in [-0.2, -0.15) is 0 Å². The molecule has 0 aliphatic heterocycles. The number of amides is 1. The Bertz CT molecular complexity index is 829. The van der Waals surface area contributed by atoms with Crippen LogP contribution >= 0.6 is 23.1 Å². The Kier molecular flexibility index (Phi) is 6.75. The zero-order valence-electron chi connectivity index (χ0n) is 14.6. The molecule has 2 aromatic carbocycles. The summed E-state index contributed by atoms with van der Waals surface area (Å²) in [5, 5.41) is 5.01. The van der Waals surface area contributed by atoms with Crippen molar-refractivity contribution >= 4 is 29.0 Å². The molecule has 0 atom stereocenters. The lowest BCUT2D eigenvalue weighted by Crippen LogP contribution is -2.28. The van der Waals surface area contributed by atoms with Gasteiger partial charge in [-0.1, -0.05) is 35.9 Å². The molecule has 0 fully saturated rings. The first kappa shape index (κ1) is 18.5. The van der Waals surface area contributed by atoms with Gasteiger partial charge in [0.1, 0.15) is 12.4 Å². The van der Waals surface area contributed by atoms with Crippen LogP contribution in [0.1, 0.15) is 20.8 Å². The van der Waals surface area contributed by atoms with Gasteiger partial charge >= 0.3 is 0 Å². The quantitative estimate of drug-likeness (QED) is 0.431. The third-order valence-electron chi connectivity index (χ3n) is 3.76. The molecule has 0 bridgehead atoms. The van der Waals surface area contributed by atoms with Gasteiger partial charge in [-0.3, -0.25) is 4.79 Å². The van der Waals surface area contributed by atoms with Crippen molar-refractivity contribution in [3.63, 3.8) is 0 Å². The summed E-state index contributed by atoms with van der Waals surface area (Å²) in [7, 11) is 0. The molecule has 5 heteroatoms. The smallest absolute Gasteiger partial charge is 0.252 e. The van der Waals surface area contributed by atoms with E-state index in [4.69, 9.17) is 4.74 Å². The first-order chi connectivity index (χ1) is 12.7. The molecule has 1 N–H and O–H groups in total. The van der Waals surface area contributed by atoms with Crippen LogP contribution in [0.4, 0.5) is 0 Å². The van der Waals surface area contributed by atoms with E-state index in [-0.39, 0.29) is 5.91 Å². The van der Waals surface area contributed by atoms with E-state index in [1.54, 1.807) is 23.1 Å². The van der Waals surface area contributed by atoms with Gasteiger partial charge in [0.15, 0.2) is 0 Å². The van der Waals surface area contributed by atoms with Crippen LogP contribution in [0.5, 0.6) is 5.75 Å². The average Bonchev–Trinajstić information content (AvgIpc) is 3.19. The van der Waals surface area contributed by atoms with Crippen LogP contribution in [0.2, 0.25) is 0 Å². The van der Waals surface area contributed by atoms with Gasteiger partial charge in [0.2, 0.25) is 0 Å². The van der Waals surface area contributed by atoms with Crippen LogP contribution in [0.25, 0.3) is 0 Å². The summed E-state index contributed by atoms with van der Waals surface area (Å²) in [6.07, 6.45) is 0. The summed E-state index contributed by atoms with van der Waals surface area (Å²) >= 11 is 3.42. The Hall–Kier alpha value is -2.24. The number of carbonyl (C=O) groups excluding carboxylic acids is 1. The van der Waals surface area contributed by atoms with Crippen LogP contribution in [0.3, 0.4) is 0 Å². The largest absolute Gasteiger partial charge is 0.492 e. The maximum Gasteiger partial charge on any atom is 0.252 e. The summed E-state index contributed by atoms with van der Waals surface area (Å²) in [4.78, 5) is 14.8. The van der Waals surface area contributed by atoms with Gasteiger partial charge in [0.25, 0.3) is 5.91 Å². The summed E-state index contributed by atoms with van der Waals surface area (Å²) in [5.41, 5.74) is 1.91. The average molecular weight is 384 g/mol. The second kappa shape index (κ2) is 9.46. The highest BCUT2D eigenvalue weighted by molar-refractivity contribution is 7.98. The summed E-state index contributed by atoms with van der Waals surface area (Å²) in [6.45, 7) is 2.95. The van der Waals surface area contributed by atoms with Crippen LogP contribution in [0, 0.1) is 6.92 Å². The Morgan fingerprint density at radius 2 is 1.88 bits per heavy atom. The van der Waals surface area contributed by atoms with Gasteiger partial charge in [0.05, 0.1) is 12.1 Å². The van der Waals surface area contributed by atoms with Gasteiger partial charge in [-0.25, -0.2) is 0 Å². The topological polar surface area (TPSA) is 38.3 Å². The fourth-order valence-corrected chi connectivity index (χ4v) is 4.21. The number of thiophene rings is 1. The maximum absolute atomic E-state index is 12.5. The van der Waals surface area contributed by atoms with E-state index in [1.165, 1.54) is 10.4 Å². The van der Waals surface area contributed by atoms with Crippen molar-refractivity contribution < 1.29 is 9.53 Å². The summed E-state index contributed by atoms with van der Waals surface area (Å²) in [5.74, 6) is 1.63. The Morgan fingerprint density at radius 1 is 1.08 bits per heavy atom. The summed E-state index contributed by atoms with van der Waals surface area (Å²) in [6, 6.07) is 19.8. The van der Waals surface area contributed by atoms with Crippen molar-refractivity contribution in [1.29, 1.82) is 0 Å². The normalized spacial score (nSPS) is 10.5. The highest BCUT2D eigenvalue weighted by Gasteiger charge is 2.11. The number of hydrogen-bond donors (Lipinski definition) is 1. The van der Waals surface area contributed by atoms with Crippen molar-refractivity contribution in [2.24, 2.45) is 0 Å². The second-order valence-electron chi connectivity index (χ2n) is 5.78. The van der Waals surface area contributed by atoms with Crippen molar-refractivity contribution in [1.82, 2.24) is 5.32 Å². The fraction of sp³-hybridized carbons (Fsp3) is 0.190. The zero-order valence-corrected chi connectivity index (χ0v) is 16.2. The predicted octanol–water partition coefficient (Wildman–Crippen LogP) is 5.16. The monoisotopic (exact) mass is 383 g/mol. The molecule has 0 aliphatic rings. The fourth-order valence-electron chi connectivity index (χ4n) is 2.39. The predicted molar refractivity (Wildman–Crippen MR) is 109 cm³/mol. The van der Waals surface area contributed by atoms with Crippen LogP contribution in [-0.2, 0) is 5.75 Å². The number of hydrogen-bond acceptors (Lipinski definition) is 4. The number of carbonyl (C=O) groups is 1. The lowest BCUT2D eigenvalue weighted by Gasteiger charge is -2.10. The highest BCUT2D eigenvalue weighted by Crippen LogP contribution is 2.27. The molecule has 134 valence electrons. The van der Waals surface area contributed by atoms with Crippen molar-refractivity contribution in [3.05, 3.63) is 82.0 Å². The van der Waals surface area contributed by atoms with E-state index < -0.39 is 0 Å². The van der Waals surface area contributed by atoms with Crippen molar-refractivity contribution in [2.45, 2.75) is 17.6 Å². The molecule has 1 aromatic heterocycles. The molecule has 1 amide bonds. The Balaban J connectivity index is 1.50. The van der Waals surface area contributed by atoms with E-state index in [0.29, 0.717) is 18.7 Å². The molecule has 0 saturated heterocycles. The molecule has 3 nitrogen and oxygen atoms in total. The molecule has 3 aromatic rings. The molecule has 0 saturated carbocycles. The second-order valence-corrected chi connectivity index (χ2v) is 7.83. The third-order valence-corrected chi connectivity index (χ3v) is 5.94. The number of rotatable bonds is 8. The number of nitrogens with one attached hydrogen (secondary N) is 1. The molecule has 0 unspecified atom stereocenters. The van der Waals surface area contributed by atoms with E-state index in [1.807, 2.05) is 61.5 Å². The Labute approximate surface area is 162 Å². The zero-order chi connectivity index (χ0) is 18.2. The van der Waals surface area contributed by atoms with E-state index in [9.17, 15) is 4.79 Å². The molecular formula is C21H21NO2S2. The minimum atomic E-state index is -0.0632. The van der Waals surface area contributed by atoms with Crippen molar-refractivity contribution in [3.8, 4) is 5.75 Å². The van der Waals surface area contributed by atoms with Gasteiger partial charge < -0.3 is 10.1 Å². The number of thioether (sulfide) groups is 1. The van der Waals surface area contributed by atoms with E-state index in [2.05, 4.69) is 16.8 Å². The first-order valence-corrected chi connectivity index (χ1v) is 10.3. The number of ether oxygens (including phenoxy) is 1. The van der Waals surface area contributed by atoms with Gasteiger partial charge in [-0.05, 0) is 42.6 Å². The van der Waals surface area contributed by atoms with E-state index >= 15 is 0 Å². The lowest BCUT2D eigenvalue weighted by atomic mass is 10.2. The molecule has 26 heavy (non-hydrogen) atoms. The van der Waals surface area contributed by atoms with Crippen LogP contribution < -0.4 is 10.1 Å². The molecule has 0 radical (unpaired) electrons. The highest BCUT2D eigenvalue weighted by atomic mass is 32.2. The van der Waals surface area contributed by atoms with Crippen molar-refractivity contribution in [2.75, 3.05) is 13.2 Å². The number of benzene rings is 2. The van der Waals surface area contributed by atoms with Gasteiger partial charge in [0, 0.05) is 15.5 Å². The minimum absolute atomic E-state index is 0.0632. The lowest BCUT2D eigenvalue weighted by molar-refractivity contribution is 0.0944. The molecule has 3 rings (SSSR count). The van der Waals surface area contributed by atoms with Crippen LogP contribution in [-0.4, -0.2) is 19.1 Å². The SMILES string of the molecule is Cc1ccc(OCCNC(=O)c2ccccc2SCc2cccs2)cc1. The number of aryl methyl sites for hydroxylation is 1. The summed E-state index contributed by atoms with van der Waals surface area (Å²) < 4.78 is 5.66. The molecule has 0 aliphatic carbocycles. The maximum atomic E-state index is 12.5. The first-order valence-electron chi connectivity index (χ1n) is 8.44. The molecular weight excluding hydrogens is 362 g/mol. The third kappa shape index (κ3) is 5.38.